The molecule has 2 aromatic carbocycles. The molecule has 22 heavy (non-hydrogen) atoms. The van der Waals surface area contributed by atoms with Crippen LogP contribution in [0.2, 0.25) is 15.1 Å². The Morgan fingerprint density at radius 3 is 2.27 bits per heavy atom. The second-order valence-corrected chi connectivity index (χ2v) is 5.38. The summed E-state index contributed by atoms with van der Waals surface area (Å²) in [6.07, 6.45) is 0. The lowest BCUT2D eigenvalue weighted by molar-refractivity contribution is 0.0967. The highest BCUT2D eigenvalue weighted by atomic mass is 35.5. The number of rotatable bonds is 2. The molecule has 0 aliphatic carbocycles. The molecule has 0 radical (unpaired) electrons. The number of carbonyl (C=O) groups is 2. The molecule has 0 bridgehead atoms. The quantitative estimate of drug-likeness (QED) is 0.811. The van der Waals surface area contributed by atoms with Crippen molar-refractivity contribution in [2.45, 2.75) is 0 Å². The van der Waals surface area contributed by atoms with Crippen molar-refractivity contribution in [1.29, 1.82) is 0 Å². The van der Waals surface area contributed by atoms with Gasteiger partial charge >= 0.3 is 6.03 Å². The highest BCUT2D eigenvalue weighted by molar-refractivity contribution is 6.42. The van der Waals surface area contributed by atoms with Crippen molar-refractivity contribution in [2.24, 2.45) is 0 Å². The lowest BCUT2D eigenvalue weighted by Gasteiger charge is -2.08. The van der Waals surface area contributed by atoms with Gasteiger partial charge in [-0.05, 0) is 36.4 Å². The van der Waals surface area contributed by atoms with Gasteiger partial charge in [0.25, 0.3) is 5.91 Å². The molecule has 2 rings (SSSR count). The number of nitrogens with one attached hydrogen (secondary N) is 2. The van der Waals surface area contributed by atoms with E-state index in [1.807, 2.05) is 5.32 Å². The smallest absolute Gasteiger partial charge is 0.308 e. The first kappa shape index (κ1) is 16.5. The van der Waals surface area contributed by atoms with E-state index in [4.69, 9.17) is 34.8 Å². The van der Waals surface area contributed by atoms with Gasteiger partial charge in [0.15, 0.2) is 0 Å². The molecule has 0 aliphatic rings. The van der Waals surface area contributed by atoms with Crippen LogP contribution in [0.25, 0.3) is 0 Å². The van der Waals surface area contributed by atoms with Crippen LogP contribution >= 0.6 is 34.8 Å². The zero-order valence-electron chi connectivity index (χ0n) is 10.8. The van der Waals surface area contributed by atoms with Gasteiger partial charge in [-0.15, -0.1) is 0 Å². The molecule has 0 heterocycles. The van der Waals surface area contributed by atoms with Gasteiger partial charge in [0, 0.05) is 5.69 Å². The maximum Gasteiger partial charge on any atom is 0.326 e. The predicted octanol–water partition coefficient (Wildman–Crippen LogP) is 4.75. The molecule has 0 unspecified atom stereocenters. The molecule has 3 amide bonds. The summed E-state index contributed by atoms with van der Waals surface area (Å²) in [4.78, 5) is 23.6. The molecule has 0 atom stereocenters. The maximum absolute atomic E-state index is 13.1. The zero-order valence-corrected chi connectivity index (χ0v) is 13.1. The van der Waals surface area contributed by atoms with Crippen LogP contribution in [0.3, 0.4) is 0 Å². The third-order valence-electron chi connectivity index (χ3n) is 2.58. The highest BCUT2D eigenvalue weighted by Gasteiger charge is 2.15. The number of hydrogen-bond donors (Lipinski definition) is 2. The van der Waals surface area contributed by atoms with Gasteiger partial charge in [-0.3, -0.25) is 10.1 Å². The van der Waals surface area contributed by atoms with Crippen LogP contribution in [0, 0.1) is 5.82 Å². The Morgan fingerprint density at radius 2 is 1.59 bits per heavy atom. The van der Waals surface area contributed by atoms with E-state index in [0.717, 1.165) is 12.1 Å². The summed E-state index contributed by atoms with van der Waals surface area (Å²) in [6, 6.07) is 6.87. The molecular weight excluding hydrogens is 354 g/mol. The van der Waals surface area contributed by atoms with Crippen molar-refractivity contribution < 1.29 is 14.0 Å². The lowest BCUT2D eigenvalue weighted by Crippen LogP contribution is -2.34. The van der Waals surface area contributed by atoms with Crippen LogP contribution in [0.15, 0.2) is 36.4 Å². The number of urea groups is 1. The molecule has 2 aromatic rings. The SMILES string of the molecule is O=C(NC(=O)c1cc(F)ccc1Cl)Nc1ccc(Cl)c(Cl)c1. The minimum Gasteiger partial charge on any atom is -0.308 e. The Balaban J connectivity index is 2.06. The number of imide groups is 1. The van der Waals surface area contributed by atoms with Gasteiger partial charge in [0.05, 0.1) is 20.6 Å². The first-order valence-electron chi connectivity index (χ1n) is 5.89. The summed E-state index contributed by atoms with van der Waals surface area (Å²) in [5.41, 5.74) is 0.191. The minimum absolute atomic E-state index is 0.0289. The second-order valence-electron chi connectivity index (χ2n) is 4.16. The molecule has 114 valence electrons. The monoisotopic (exact) mass is 360 g/mol. The van der Waals surface area contributed by atoms with E-state index in [-0.39, 0.29) is 15.6 Å². The average molecular weight is 362 g/mol. The number of benzene rings is 2. The van der Waals surface area contributed by atoms with Crippen molar-refractivity contribution >= 4 is 52.4 Å². The van der Waals surface area contributed by atoms with Crippen LogP contribution in [0.5, 0.6) is 0 Å². The Hall–Kier alpha value is -1.82. The normalized spacial score (nSPS) is 10.2. The Bertz CT molecular complexity index is 753. The van der Waals surface area contributed by atoms with Crippen molar-refractivity contribution in [1.82, 2.24) is 5.32 Å². The minimum atomic E-state index is -0.831. The van der Waals surface area contributed by atoms with Crippen LogP contribution in [-0.2, 0) is 0 Å². The second kappa shape index (κ2) is 6.96. The van der Waals surface area contributed by atoms with E-state index >= 15 is 0 Å². The zero-order chi connectivity index (χ0) is 16.3. The summed E-state index contributed by atoms with van der Waals surface area (Å²) in [6.45, 7) is 0. The fraction of sp³-hybridized carbons (Fsp3) is 0. The maximum atomic E-state index is 13.1. The first-order chi connectivity index (χ1) is 10.4. The number of carbonyl (C=O) groups excluding carboxylic acids is 2. The summed E-state index contributed by atoms with van der Waals surface area (Å²) in [7, 11) is 0. The summed E-state index contributed by atoms with van der Waals surface area (Å²) in [5, 5.41) is 5.03. The first-order valence-corrected chi connectivity index (χ1v) is 7.02. The molecule has 0 fully saturated rings. The predicted molar refractivity (Wildman–Crippen MR) is 84.4 cm³/mol. The molecule has 2 N–H and O–H groups in total. The molecule has 0 aliphatic heterocycles. The van der Waals surface area contributed by atoms with E-state index in [2.05, 4.69) is 5.32 Å². The van der Waals surface area contributed by atoms with Crippen molar-refractivity contribution in [2.75, 3.05) is 5.32 Å². The van der Waals surface area contributed by atoms with Crippen molar-refractivity contribution in [3.8, 4) is 0 Å². The number of halogens is 4. The molecule has 8 heteroatoms. The van der Waals surface area contributed by atoms with Gasteiger partial charge in [0.1, 0.15) is 5.82 Å². The van der Waals surface area contributed by atoms with Crippen LogP contribution < -0.4 is 10.6 Å². The third-order valence-corrected chi connectivity index (χ3v) is 3.65. The summed E-state index contributed by atoms with van der Waals surface area (Å²) >= 11 is 17.3. The molecular formula is C14H8Cl3FN2O2. The van der Waals surface area contributed by atoms with E-state index in [9.17, 15) is 14.0 Å². The fourth-order valence-corrected chi connectivity index (χ4v) is 2.08. The molecule has 4 nitrogen and oxygen atoms in total. The van der Waals surface area contributed by atoms with Crippen LogP contribution in [-0.4, -0.2) is 11.9 Å². The van der Waals surface area contributed by atoms with Crippen molar-refractivity contribution in [3.05, 3.63) is 62.8 Å². The van der Waals surface area contributed by atoms with Crippen molar-refractivity contribution in [3.63, 3.8) is 0 Å². The lowest BCUT2D eigenvalue weighted by atomic mass is 10.2. The third kappa shape index (κ3) is 4.10. The standard InChI is InChI=1S/C14H8Cl3FN2O2/c15-10-3-1-7(18)5-9(10)13(21)20-14(22)19-8-2-4-11(16)12(17)6-8/h1-6H,(H2,19,20,21,22). The molecule has 0 saturated carbocycles. The highest BCUT2D eigenvalue weighted by Crippen LogP contribution is 2.25. The van der Waals surface area contributed by atoms with E-state index in [1.165, 1.54) is 24.3 Å². The van der Waals surface area contributed by atoms with Gasteiger partial charge < -0.3 is 5.32 Å². The van der Waals surface area contributed by atoms with E-state index < -0.39 is 17.8 Å². The molecule has 0 saturated heterocycles. The molecule has 0 spiro atoms. The summed E-state index contributed by atoms with van der Waals surface area (Å²) < 4.78 is 13.1. The number of hydrogen-bond acceptors (Lipinski definition) is 2. The Kier molecular flexibility index (Phi) is 5.24. The number of anilines is 1. The van der Waals surface area contributed by atoms with Gasteiger partial charge in [-0.25, -0.2) is 9.18 Å². The van der Waals surface area contributed by atoms with Crippen LogP contribution in [0.1, 0.15) is 10.4 Å². The van der Waals surface area contributed by atoms with Gasteiger partial charge in [-0.1, -0.05) is 34.8 Å². The largest absolute Gasteiger partial charge is 0.326 e. The van der Waals surface area contributed by atoms with E-state index in [0.29, 0.717) is 10.7 Å². The topological polar surface area (TPSA) is 58.2 Å². The number of amides is 3. The Morgan fingerprint density at radius 1 is 0.909 bits per heavy atom. The molecule has 0 aromatic heterocycles. The Labute approximate surface area is 140 Å². The average Bonchev–Trinajstić information content (AvgIpc) is 2.45. The van der Waals surface area contributed by atoms with Crippen LogP contribution in [0.4, 0.5) is 14.9 Å². The van der Waals surface area contributed by atoms with Gasteiger partial charge in [0.2, 0.25) is 0 Å². The fourth-order valence-electron chi connectivity index (χ4n) is 1.58. The summed E-state index contributed by atoms with van der Waals surface area (Å²) in [5.74, 6) is -1.47. The van der Waals surface area contributed by atoms with Gasteiger partial charge in [-0.2, -0.15) is 0 Å². The van der Waals surface area contributed by atoms with E-state index in [1.54, 1.807) is 0 Å².